The van der Waals surface area contributed by atoms with Gasteiger partial charge >= 0.3 is 5.69 Å². The lowest BCUT2D eigenvalue weighted by atomic mass is 10.2. The van der Waals surface area contributed by atoms with E-state index in [4.69, 9.17) is 21.1 Å². The number of methoxy groups -OCH3 is 2. The van der Waals surface area contributed by atoms with Crippen LogP contribution in [0, 0.1) is 0 Å². The van der Waals surface area contributed by atoms with E-state index in [1.54, 1.807) is 42.5 Å². The summed E-state index contributed by atoms with van der Waals surface area (Å²) in [4.78, 5) is 47.2. The molecule has 4 rings (SSSR count). The molecule has 1 N–H and O–H groups in total. The molecule has 0 aliphatic heterocycles. The van der Waals surface area contributed by atoms with Crippen molar-refractivity contribution in [3.05, 3.63) is 74.5 Å². The Hall–Kier alpha value is -4.18. The van der Waals surface area contributed by atoms with E-state index in [0.717, 1.165) is 4.57 Å². The van der Waals surface area contributed by atoms with Gasteiger partial charge in [-0.15, -0.1) is 0 Å². The number of benzene rings is 2. The Bertz CT molecular complexity index is 1490. The summed E-state index contributed by atoms with van der Waals surface area (Å²) in [5.41, 5.74) is -0.126. The van der Waals surface area contributed by atoms with Crippen molar-refractivity contribution >= 4 is 34.2 Å². The summed E-state index contributed by atoms with van der Waals surface area (Å²) in [5.74, 6) is 0.706. The quantitative estimate of drug-likeness (QED) is 0.449. The standard InChI is InChI=1S/C23H20ClN5O5/c1-28-21-18(11-25-20(27-21)13-4-6-14(24)7-5-13)22(31)29(23(28)32)12-19(30)26-15-8-16(33-2)10-17(9-15)34-3/h4-11H,12H2,1-3H3,(H,26,30). The van der Waals surface area contributed by atoms with Gasteiger partial charge in [0.1, 0.15) is 23.4 Å². The van der Waals surface area contributed by atoms with Crippen LogP contribution in [0.5, 0.6) is 11.5 Å². The number of aromatic nitrogens is 4. The van der Waals surface area contributed by atoms with Gasteiger partial charge in [0.25, 0.3) is 5.56 Å². The van der Waals surface area contributed by atoms with E-state index < -0.39 is 23.7 Å². The highest BCUT2D eigenvalue weighted by Crippen LogP contribution is 2.25. The van der Waals surface area contributed by atoms with Gasteiger partial charge in [-0.3, -0.25) is 18.7 Å². The van der Waals surface area contributed by atoms with Crippen LogP contribution in [0.3, 0.4) is 0 Å². The minimum atomic E-state index is -0.684. The number of nitrogens with zero attached hydrogens (tertiary/aromatic N) is 4. The maximum absolute atomic E-state index is 13.0. The molecule has 174 valence electrons. The molecule has 0 saturated heterocycles. The van der Waals surface area contributed by atoms with Crippen LogP contribution in [0.2, 0.25) is 5.02 Å². The number of hydrogen-bond donors (Lipinski definition) is 1. The first-order chi connectivity index (χ1) is 16.3. The maximum atomic E-state index is 13.0. The number of amides is 1. The van der Waals surface area contributed by atoms with E-state index in [2.05, 4.69) is 15.3 Å². The number of nitrogens with one attached hydrogen (secondary N) is 1. The Morgan fingerprint density at radius 3 is 2.32 bits per heavy atom. The highest BCUT2D eigenvalue weighted by molar-refractivity contribution is 6.30. The van der Waals surface area contributed by atoms with Crippen molar-refractivity contribution in [2.45, 2.75) is 6.54 Å². The monoisotopic (exact) mass is 481 g/mol. The predicted octanol–water partition coefficient (Wildman–Crippen LogP) is 2.47. The van der Waals surface area contributed by atoms with E-state index in [0.29, 0.717) is 33.6 Å². The van der Waals surface area contributed by atoms with Gasteiger partial charge in [-0.1, -0.05) is 11.6 Å². The Morgan fingerprint density at radius 1 is 1.06 bits per heavy atom. The van der Waals surface area contributed by atoms with Crippen LogP contribution in [0.15, 0.2) is 58.3 Å². The largest absolute Gasteiger partial charge is 0.497 e. The molecule has 0 fully saturated rings. The fourth-order valence-electron chi connectivity index (χ4n) is 3.38. The summed E-state index contributed by atoms with van der Waals surface area (Å²) < 4.78 is 12.4. The number of rotatable bonds is 6. The molecule has 2 heterocycles. The normalized spacial score (nSPS) is 10.8. The Balaban J connectivity index is 1.68. The average Bonchev–Trinajstić information content (AvgIpc) is 2.85. The molecule has 0 aliphatic carbocycles. The van der Waals surface area contributed by atoms with Crippen LogP contribution < -0.4 is 26.0 Å². The minimum absolute atomic E-state index is 0.107. The summed E-state index contributed by atoms with van der Waals surface area (Å²) in [5, 5.41) is 3.32. The first kappa shape index (κ1) is 23.0. The Labute approximate surface area is 198 Å². The molecule has 0 radical (unpaired) electrons. The van der Waals surface area contributed by atoms with E-state index in [-0.39, 0.29) is 11.0 Å². The molecule has 0 atom stereocenters. The molecule has 0 saturated carbocycles. The van der Waals surface area contributed by atoms with Crippen LogP contribution in [0.25, 0.3) is 22.4 Å². The zero-order valence-corrected chi connectivity index (χ0v) is 19.3. The van der Waals surface area contributed by atoms with Gasteiger partial charge < -0.3 is 14.8 Å². The maximum Gasteiger partial charge on any atom is 0.332 e. The third-order valence-corrected chi connectivity index (χ3v) is 5.37. The summed E-state index contributed by atoms with van der Waals surface area (Å²) >= 11 is 5.93. The van der Waals surface area contributed by atoms with Crippen molar-refractivity contribution in [3.8, 4) is 22.9 Å². The number of ether oxygens (including phenoxy) is 2. The second-order valence-corrected chi connectivity index (χ2v) is 7.76. The fraction of sp³-hybridized carbons (Fsp3) is 0.174. The number of halogens is 1. The molecule has 0 bridgehead atoms. The minimum Gasteiger partial charge on any atom is -0.497 e. The van der Waals surface area contributed by atoms with Crippen molar-refractivity contribution in [3.63, 3.8) is 0 Å². The van der Waals surface area contributed by atoms with E-state index >= 15 is 0 Å². The molecule has 2 aromatic carbocycles. The first-order valence-corrected chi connectivity index (χ1v) is 10.4. The van der Waals surface area contributed by atoms with Crippen molar-refractivity contribution in [1.29, 1.82) is 0 Å². The molecule has 1 amide bonds. The summed E-state index contributed by atoms with van der Waals surface area (Å²) in [6.07, 6.45) is 1.34. The van der Waals surface area contributed by atoms with E-state index in [1.807, 2.05) is 0 Å². The Kier molecular flexibility index (Phi) is 6.33. The van der Waals surface area contributed by atoms with Crippen LogP contribution in [-0.4, -0.2) is 39.2 Å². The van der Waals surface area contributed by atoms with Gasteiger partial charge in [-0.25, -0.2) is 14.8 Å². The number of anilines is 1. The highest BCUT2D eigenvalue weighted by atomic mass is 35.5. The molecular formula is C23H20ClN5O5. The average molecular weight is 482 g/mol. The lowest BCUT2D eigenvalue weighted by Crippen LogP contribution is -2.42. The highest BCUT2D eigenvalue weighted by Gasteiger charge is 2.17. The van der Waals surface area contributed by atoms with Gasteiger partial charge in [0, 0.05) is 47.7 Å². The molecule has 4 aromatic rings. The number of fused-ring (bicyclic) bond motifs is 1. The zero-order chi connectivity index (χ0) is 24.4. The van der Waals surface area contributed by atoms with Gasteiger partial charge in [0.15, 0.2) is 11.5 Å². The van der Waals surface area contributed by atoms with Crippen LogP contribution in [0.4, 0.5) is 5.69 Å². The van der Waals surface area contributed by atoms with Gasteiger partial charge in [0.2, 0.25) is 5.91 Å². The summed E-state index contributed by atoms with van der Waals surface area (Å²) in [6, 6.07) is 11.7. The van der Waals surface area contributed by atoms with Crippen molar-refractivity contribution < 1.29 is 14.3 Å². The molecule has 11 heteroatoms. The topological polar surface area (TPSA) is 117 Å². The number of carbonyl (C=O) groups excluding carboxylic acids is 1. The molecule has 2 aromatic heterocycles. The zero-order valence-electron chi connectivity index (χ0n) is 18.5. The second-order valence-electron chi connectivity index (χ2n) is 7.32. The van der Waals surface area contributed by atoms with Crippen LogP contribution >= 0.6 is 11.6 Å². The molecule has 0 aliphatic rings. The Morgan fingerprint density at radius 2 is 1.71 bits per heavy atom. The smallest absolute Gasteiger partial charge is 0.332 e. The lowest BCUT2D eigenvalue weighted by molar-refractivity contribution is -0.116. The van der Waals surface area contributed by atoms with E-state index in [9.17, 15) is 14.4 Å². The predicted molar refractivity (Wildman–Crippen MR) is 128 cm³/mol. The lowest BCUT2D eigenvalue weighted by Gasteiger charge is -2.12. The van der Waals surface area contributed by atoms with E-state index in [1.165, 1.54) is 32.0 Å². The number of hydrogen-bond acceptors (Lipinski definition) is 7. The van der Waals surface area contributed by atoms with Crippen molar-refractivity contribution in [2.75, 3.05) is 19.5 Å². The van der Waals surface area contributed by atoms with Crippen molar-refractivity contribution in [1.82, 2.24) is 19.1 Å². The van der Waals surface area contributed by atoms with Crippen LogP contribution in [-0.2, 0) is 18.4 Å². The van der Waals surface area contributed by atoms with Gasteiger partial charge in [0.05, 0.1) is 14.2 Å². The third-order valence-electron chi connectivity index (χ3n) is 5.12. The van der Waals surface area contributed by atoms with Crippen molar-refractivity contribution in [2.24, 2.45) is 7.05 Å². The molecule has 34 heavy (non-hydrogen) atoms. The molecular weight excluding hydrogens is 462 g/mol. The van der Waals surface area contributed by atoms with Gasteiger partial charge in [-0.05, 0) is 24.3 Å². The summed E-state index contributed by atoms with van der Waals surface area (Å²) in [7, 11) is 4.45. The molecule has 0 spiro atoms. The summed E-state index contributed by atoms with van der Waals surface area (Å²) in [6.45, 7) is -0.500. The number of carbonyl (C=O) groups is 1. The van der Waals surface area contributed by atoms with Crippen LogP contribution in [0.1, 0.15) is 0 Å². The molecule has 0 unspecified atom stereocenters. The SMILES string of the molecule is COc1cc(NC(=O)Cn2c(=O)c3cnc(-c4ccc(Cl)cc4)nc3n(C)c2=O)cc(OC)c1. The fourth-order valence-corrected chi connectivity index (χ4v) is 3.51. The second kappa shape index (κ2) is 9.36. The first-order valence-electron chi connectivity index (χ1n) is 10.1. The molecule has 10 nitrogen and oxygen atoms in total. The van der Waals surface area contributed by atoms with Gasteiger partial charge in [-0.2, -0.15) is 0 Å². The number of aryl methyl sites for hydroxylation is 1. The third kappa shape index (κ3) is 4.48.